The zero-order chi connectivity index (χ0) is 14.4. The first kappa shape index (κ1) is 14.0. The second kappa shape index (κ2) is 6.66. The van der Waals surface area contributed by atoms with Crippen LogP contribution >= 0.6 is 0 Å². The van der Waals surface area contributed by atoms with Gasteiger partial charge in [0.15, 0.2) is 11.6 Å². The van der Waals surface area contributed by atoms with Crippen molar-refractivity contribution in [3.05, 3.63) is 65.7 Å². The molecule has 0 radical (unpaired) electrons. The van der Waals surface area contributed by atoms with Crippen molar-refractivity contribution < 1.29 is 14.3 Å². The van der Waals surface area contributed by atoms with Crippen LogP contribution in [0, 0.1) is 6.92 Å². The van der Waals surface area contributed by atoms with Crippen LogP contribution in [0.4, 0.5) is 0 Å². The average Bonchev–Trinajstić information content (AvgIpc) is 2.47. The Labute approximate surface area is 118 Å². The number of aryl methyl sites for hydroxylation is 1. The maximum absolute atomic E-state index is 11.8. The van der Waals surface area contributed by atoms with E-state index in [9.17, 15) is 9.59 Å². The highest BCUT2D eigenvalue weighted by Gasteiger charge is 2.12. The normalized spacial score (nSPS) is 10.1. The zero-order valence-electron chi connectivity index (χ0n) is 11.3. The van der Waals surface area contributed by atoms with Gasteiger partial charge in [-0.15, -0.1) is 0 Å². The van der Waals surface area contributed by atoms with Crippen LogP contribution in [-0.2, 0) is 4.79 Å². The lowest BCUT2D eigenvalue weighted by atomic mass is 10.1. The third-order valence-electron chi connectivity index (χ3n) is 2.87. The van der Waals surface area contributed by atoms with Crippen molar-refractivity contribution in [2.75, 3.05) is 6.61 Å². The molecule has 0 aliphatic carbocycles. The lowest BCUT2D eigenvalue weighted by Gasteiger charge is -2.05. The smallest absolute Gasteiger partial charge is 0.177 e. The monoisotopic (exact) mass is 268 g/mol. The lowest BCUT2D eigenvalue weighted by molar-refractivity contribution is -0.120. The summed E-state index contributed by atoms with van der Waals surface area (Å²) in [7, 11) is 0. The average molecular weight is 268 g/mol. The van der Waals surface area contributed by atoms with Crippen molar-refractivity contribution in [1.29, 1.82) is 0 Å². The van der Waals surface area contributed by atoms with Gasteiger partial charge in [0, 0.05) is 5.56 Å². The number of Topliss-reactive ketones (excluding diaryl/α,β-unsaturated/α-hetero) is 2. The summed E-state index contributed by atoms with van der Waals surface area (Å²) in [6.45, 7) is 1.90. The summed E-state index contributed by atoms with van der Waals surface area (Å²) < 4.78 is 5.36. The Bertz CT molecular complexity index is 585. The first-order chi connectivity index (χ1) is 9.65. The SMILES string of the molecule is Cc1ccc(OCC(=O)CC(=O)c2ccccc2)cc1. The van der Waals surface area contributed by atoms with Crippen LogP contribution in [0.25, 0.3) is 0 Å². The van der Waals surface area contributed by atoms with Crippen LogP contribution in [0.3, 0.4) is 0 Å². The molecule has 2 aromatic rings. The molecule has 0 bridgehead atoms. The van der Waals surface area contributed by atoms with Crippen LogP contribution in [0.1, 0.15) is 22.3 Å². The summed E-state index contributed by atoms with van der Waals surface area (Å²) in [4.78, 5) is 23.6. The molecule has 0 aliphatic heterocycles. The number of ether oxygens (including phenoxy) is 1. The van der Waals surface area contributed by atoms with Gasteiger partial charge in [-0.1, -0.05) is 48.0 Å². The molecule has 20 heavy (non-hydrogen) atoms. The molecule has 0 amide bonds. The van der Waals surface area contributed by atoms with E-state index in [0.717, 1.165) is 5.56 Å². The number of hydrogen-bond acceptors (Lipinski definition) is 3. The summed E-state index contributed by atoms with van der Waals surface area (Å²) >= 11 is 0. The number of rotatable bonds is 6. The standard InChI is InChI=1S/C17H16O3/c1-13-7-9-16(10-8-13)20-12-15(18)11-17(19)14-5-3-2-4-6-14/h2-10H,11-12H2,1H3. The van der Waals surface area contributed by atoms with Gasteiger partial charge in [0.05, 0.1) is 6.42 Å². The predicted molar refractivity (Wildman–Crippen MR) is 77.1 cm³/mol. The molecule has 2 aromatic carbocycles. The van der Waals surface area contributed by atoms with Crippen molar-refractivity contribution in [1.82, 2.24) is 0 Å². The fraction of sp³-hybridized carbons (Fsp3) is 0.176. The molecule has 0 aliphatic rings. The van der Waals surface area contributed by atoms with Gasteiger partial charge in [-0.05, 0) is 19.1 Å². The van der Waals surface area contributed by atoms with Gasteiger partial charge in [-0.3, -0.25) is 9.59 Å². The maximum atomic E-state index is 11.8. The van der Waals surface area contributed by atoms with E-state index >= 15 is 0 Å². The number of ketones is 2. The van der Waals surface area contributed by atoms with E-state index < -0.39 is 0 Å². The Morgan fingerprint density at radius 1 is 0.950 bits per heavy atom. The first-order valence-electron chi connectivity index (χ1n) is 6.44. The van der Waals surface area contributed by atoms with Crippen molar-refractivity contribution in [3.63, 3.8) is 0 Å². The van der Waals surface area contributed by atoms with Gasteiger partial charge in [0.1, 0.15) is 12.4 Å². The third-order valence-corrected chi connectivity index (χ3v) is 2.87. The summed E-state index contributed by atoms with van der Waals surface area (Å²) in [6, 6.07) is 16.2. The third kappa shape index (κ3) is 4.05. The molecule has 0 fully saturated rings. The van der Waals surface area contributed by atoms with Crippen LogP contribution < -0.4 is 4.74 Å². The van der Waals surface area contributed by atoms with Crippen LogP contribution in [0.2, 0.25) is 0 Å². The molecule has 0 aromatic heterocycles. The minimum Gasteiger partial charge on any atom is -0.486 e. The molecular weight excluding hydrogens is 252 g/mol. The Hall–Kier alpha value is -2.42. The van der Waals surface area contributed by atoms with Gasteiger partial charge in [-0.2, -0.15) is 0 Å². The molecule has 0 spiro atoms. The topological polar surface area (TPSA) is 43.4 Å². The number of benzene rings is 2. The Kier molecular flexibility index (Phi) is 4.66. The zero-order valence-corrected chi connectivity index (χ0v) is 11.3. The van der Waals surface area contributed by atoms with E-state index in [0.29, 0.717) is 11.3 Å². The van der Waals surface area contributed by atoms with Gasteiger partial charge >= 0.3 is 0 Å². The minimum absolute atomic E-state index is 0.0817. The van der Waals surface area contributed by atoms with Crippen LogP contribution in [0.15, 0.2) is 54.6 Å². The van der Waals surface area contributed by atoms with Crippen molar-refractivity contribution in [2.45, 2.75) is 13.3 Å². The largest absolute Gasteiger partial charge is 0.486 e. The molecule has 2 rings (SSSR count). The highest BCUT2D eigenvalue weighted by Crippen LogP contribution is 2.11. The molecule has 0 saturated heterocycles. The molecule has 3 heteroatoms. The summed E-state index contributed by atoms with van der Waals surface area (Å²) in [5, 5.41) is 0. The Morgan fingerprint density at radius 2 is 1.60 bits per heavy atom. The summed E-state index contributed by atoms with van der Waals surface area (Å²) in [5.74, 6) is 0.235. The van der Waals surface area contributed by atoms with E-state index in [2.05, 4.69) is 0 Å². The highest BCUT2D eigenvalue weighted by atomic mass is 16.5. The first-order valence-corrected chi connectivity index (χ1v) is 6.44. The quantitative estimate of drug-likeness (QED) is 0.597. The maximum Gasteiger partial charge on any atom is 0.177 e. The van der Waals surface area contributed by atoms with E-state index in [1.165, 1.54) is 0 Å². The number of carbonyl (C=O) groups is 2. The molecule has 3 nitrogen and oxygen atoms in total. The Morgan fingerprint density at radius 3 is 2.25 bits per heavy atom. The molecule has 0 unspecified atom stereocenters. The molecule has 0 atom stereocenters. The van der Waals surface area contributed by atoms with Crippen molar-refractivity contribution in [2.24, 2.45) is 0 Å². The van der Waals surface area contributed by atoms with Crippen LogP contribution in [-0.4, -0.2) is 18.2 Å². The fourth-order valence-electron chi connectivity index (χ4n) is 1.75. The number of carbonyl (C=O) groups excluding carboxylic acids is 2. The van der Waals surface area contributed by atoms with E-state index in [1.54, 1.807) is 24.3 Å². The predicted octanol–water partition coefficient (Wildman–Crippen LogP) is 3.22. The molecule has 0 N–H and O–H groups in total. The van der Waals surface area contributed by atoms with E-state index in [1.807, 2.05) is 37.3 Å². The highest BCUT2D eigenvalue weighted by molar-refractivity contribution is 6.08. The second-order valence-corrected chi connectivity index (χ2v) is 4.61. The van der Waals surface area contributed by atoms with Crippen molar-refractivity contribution >= 4 is 11.6 Å². The summed E-state index contributed by atoms with van der Waals surface area (Å²) in [6.07, 6.45) is -0.129. The van der Waals surface area contributed by atoms with Gasteiger partial charge in [-0.25, -0.2) is 0 Å². The van der Waals surface area contributed by atoms with Crippen molar-refractivity contribution in [3.8, 4) is 5.75 Å². The molecular formula is C17H16O3. The summed E-state index contributed by atoms with van der Waals surface area (Å²) in [5.41, 5.74) is 1.68. The Balaban J connectivity index is 1.84. The van der Waals surface area contributed by atoms with E-state index in [4.69, 9.17) is 4.74 Å². The van der Waals surface area contributed by atoms with Gasteiger partial charge in [0.2, 0.25) is 0 Å². The number of hydrogen-bond donors (Lipinski definition) is 0. The fourth-order valence-corrected chi connectivity index (χ4v) is 1.75. The van der Waals surface area contributed by atoms with E-state index in [-0.39, 0.29) is 24.6 Å². The molecule has 0 saturated carbocycles. The van der Waals surface area contributed by atoms with Gasteiger partial charge < -0.3 is 4.74 Å². The van der Waals surface area contributed by atoms with Crippen LogP contribution in [0.5, 0.6) is 5.75 Å². The second-order valence-electron chi connectivity index (χ2n) is 4.61. The minimum atomic E-state index is -0.223. The van der Waals surface area contributed by atoms with Gasteiger partial charge in [0.25, 0.3) is 0 Å². The molecule has 0 heterocycles. The lowest BCUT2D eigenvalue weighted by Crippen LogP contribution is -2.15. The molecule has 102 valence electrons.